The number of aromatic nitrogens is 1. The Morgan fingerprint density at radius 2 is 2.00 bits per heavy atom. The van der Waals surface area contributed by atoms with Crippen molar-refractivity contribution in [3.63, 3.8) is 0 Å². The second-order valence-corrected chi connectivity index (χ2v) is 5.93. The summed E-state index contributed by atoms with van der Waals surface area (Å²) in [5, 5.41) is 2.36. The van der Waals surface area contributed by atoms with Crippen molar-refractivity contribution in [1.82, 2.24) is 15.2 Å². The van der Waals surface area contributed by atoms with Gasteiger partial charge in [0.15, 0.2) is 0 Å². The predicted molar refractivity (Wildman–Crippen MR) is 88.7 cm³/mol. The van der Waals surface area contributed by atoms with E-state index in [-0.39, 0.29) is 23.9 Å². The largest absolute Gasteiger partial charge is 0.439 e. The SMILES string of the molecule is Cc1cc(Oc2ccccn2)ccc1C1C(C)C(=O)NC(=O)N1C. The van der Waals surface area contributed by atoms with E-state index in [1.165, 1.54) is 0 Å². The zero-order valence-electron chi connectivity index (χ0n) is 13.8. The third kappa shape index (κ3) is 2.95. The third-order valence-corrected chi connectivity index (χ3v) is 4.27. The summed E-state index contributed by atoms with van der Waals surface area (Å²) >= 11 is 0. The van der Waals surface area contributed by atoms with Gasteiger partial charge in [-0.25, -0.2) is 9.78 Å². The summed E-state index contributed by atoms with van der Waals surface area (Å²) < 4.78 is 5.73. The molecule has 1 aromatic heterocycles. The first-order valence-corrected chi connectivity index (χ1v) is 7.74. The van der Waals surface area contributed by atoms with Crippen molar-refractivity contribution in [3.05, 3.63) is 53.7 Å². The highest BCUT2D eigenvalue weighted by Gasteiger charge is 2.38. The van der Waals surface area contributed by atoms with Gasteiger partial charge in [0.2, 0.25) is 11.8 Å². The fraction of sp³-hybridized carbons (Fsp3) is 0.278. The van der Waals surface area contributed by atoms with Crippen LogP contribution in [-0.4, -0.2) is 28.9 Å². The maximum Gasteiger partial charge on any atom is 0.324 e. The number of nitrogens with zero attached hydrogens (tertiary/aromatic N) is 2. The van der Waals surface area contributed by atoms with E-state index in [0.717, 1.165) is 11.1 Å². The molecule has 1 aliphatic heterocycles. The number of rotatable bonds is 3. The van der Waals surface area contributed by atoms with E-state index in [1.807, 2.05) is 44.2 Å². The maximum atomic E-state index is 12.0. The molecule has 24 heavy (non-hydrogen) atoms. The van der Waals surface area contributed by atoms with Crippen LogP contribution in [-0.2, 0) is 4.79 Å². The van der Waals surface area contributed by atoms with Crippen LogP contribution in [0.5, 0.6) is 11.6 Å². The third-order valence-electron chi connectivity index (χ3n) is 4.27. The summed E-state index contributed by atoms with van der Waals surface area (Å²) in [6, 6.07) is 10.4. The smallest absolute Gasteiger partial charge is 0.324 e. The molecule has 0 radical (unpaired) electrons. The molecule has 1 fully saturated rings. The molecule has 6 heteroatoms. The summed E-state index contributed by atoms with van der Waals surface area (Å²) in [6.45, 7) is 3.76. The van der Waals surface area contributed by atoms with Gasteiger partial charge in [0.25, 0.3) is 0 Å². The number of aryl methyl sites for hydroxylation is 1. The van der Waals surface area contributed by atoms with Crippen LogP contribution in [0.15, 0.2) is 42.6 Å². The van der Waals surface area contributed by atoms with Crippen molar-refractivity contribution in [3.8, 4) is 11.6 Å². The predicted octanol–water partition coefficient (Wildman–Crippen LogP) is 3.04. The molecular weight excluding hydrogens is 306 g/mol. The Morgan fingerprint density at radius 1 is 1.21 bits per heavy atom. The van der Waals surface area contributed by atoms with Crippen molar-refractivity contribution in [1.29, 1.82) is 0 Å². The molecule has 0 spiro atoms. The highest BCUT2D eigenvalue weighted by atomic mass is 16.5. The molecule has 2 aromatic rings. The van der Waals surface area contributed by atoms with Crippen LogP contribution in [0.3, 0.4) is 0 Å². The lowest BCUT2D eigenvalue weighted by Crippen LogP contribution is -2.53. The summed E-state index contributed by atoms with van der Waals surface area (Å²) in [4.78, 5) is 29.6. The first-order valence-electron chi connectivity index (χ1n) is 7.74. The second kappa shape index (κ2) is 6.31. The van der Waals surface area contributed by atoms with Crippen molar-refractivity contribution < 1.29 is 14.3 Å². The zero-order valence-corrected chi connectivity index (χ0v) is 13.8. The molecule has 3 amide bonds. The van der Waals surface area contributed by atoms with E-state index in [9.17, 15) is 9.59 Å². The average molecular weight is 325 g/mol. The van der Waals surface area contributed by atoms with Gasteiger partial charge in [-0.15, -0.1) is 0 Å². The number of amides is 3. The Balaban J connectivity index is 1.89. The molecule has 1 aromatic carbocycles. The van der Waals surface area contributed by atoms with Crippen LogP contribution in [0.1, 0.15) is 24.1 Å². The van der Waals surface area contributed by atoms with Gasteiger partial charge in [0.05, 0.1) is 12.0 Å². The Hall–Kier alpha value is -2.89. The number of imide groups is 1. The quantitative estimate of drug-likeness (QED) is 0.941. The highest BCUT2D eigenvalue weighted by Crippen LogP contribution is 2.34. The molecule has 1 N–H and O–H groups in total. The molecule has 0 aliphatic carbocycles. The molecule has 1 aliphatic rings. The lowest BCUT2D eigenvalue weighted by atomic mass is 9.88. The fourth-order valence-corrected chi connectivity index (χ4v) is 2.96. The van der Waals surface area contributed by atoms with Crippen molar-refractivity contribution in [2.24, 2.45) is 5.92 Å². The number of urea groups is 1. The number of hydrogen-bond donors (Lipinski definition) is 1. The van der Waals surface area contributed by atoms with Crippen LogP contribution in [0.25, 0.3) is 0 Å². The molecule has 2 heterocycles. The summed E-state index contributed by atoms with van der Waals surface area (Å²) in [6.07, 6.45) is 1.67. The van der Waals surface area contributed by atoms with Crippen molar-refractivity contribution in [2.75, 3.05) is 7.05 Å². The first kappa shape index (κ1) is 16.0. The van der Waals surface area contributed by atoms with E-state index >= 15 is 0 Å². The van der Waals surface area contributed by atoms with Gasteiger partial charge in [-0.2, -0.15) is 0 Å². The minimum Gasteiger partial charge on any atom is -0.439 e. The molecule has 124 valence electrons. The number of benzene rings is 1. The molecule has 0 saturated carbocycles. The van der Waals surface area contributed by atoms with E-state index < -0.39 is 0 Å². The van der Waals surface area contributed by atoms with Crippen LogP contribution in [0, 0.1) is 12.8 Å². The number of hydrogen-bond acceptors (Lipinski definition) is 4. The van der Waals surface area contributed by atoms with Crippen LogP contribution in [0.4, 0.5) is 4.79 Å². The fourth-order valence-electron chi connectivity index (χ4n) is 2.96. The highest BCUT2D eigenvalue weighted by molar-refractivity contribution is 5.98. The van der Waals surface area contributed by atoms with Crippen LogP contribution >= 0.6 is 0 Å². The minimum absolute atomic E-state index is 0.253. The Morgan fingerprint density at radius 3 is 2.67 bits per heavy atom. The number of carbonyl (C=O) groups excluding carboxylic acids is 2. The Bertz CT molecular complexity index is 756. The monoisotopic (exact) mass is 325 g/mol. The number of carbonyl (C=O) groups is 2. The second-order valence-electron chi connectivity index (χ2n) is 5.93. The van der Waals surface area contributed by atoms with Gasteiger partial charge in [-0.1, -0.05) is 19.1 Å². The van der Waals surface area contributed by atoms with Crippen LogP contribution < -0.4 is 10.1 Å². The molecule has 0 bridgehead atoms. The molecule has 3 rings (SSSR count). The summed E-state index contributed by atoms with van der Waals surface area (Å²) in [5.74, 6) is 0.601. The molecule has 2 atom stereocenters. The van der Waals surface area contributed by atoms with Crippen molar-refractivity contribution >= 4 is 11.9 Å². The standard InChI is InChI=1S/C18H19N3O3/c1-11-10-13(24-15-6-4-5-9-19-15)7-8-14(11)16-12(2)17(22)20-18(23)21(16)3/h4-10,12,16H,1-3H3,(H,20,22,23). The summed E-state index contributed by atoms with van der Waals surface area (Å²) in [7, 11) is 1.70. The van der Waals surface area contributed by atoms with Gasteiger partial charge in [0.1, 0.15) is 5.75 Å². The maximum absolute atomic E-state index is 12.0. The van der Waals surface area contributed by atoms with Gasteiger partial charge >= 0.3 is 6.03 Å². The van der Waals surface area contributed by atoms with E-state index in [4.69, 9.17) is 4.74 Å². The average Bonchev–Trinajstić information content (AvgIpc) is 2.56. The van der Waals surface area contributed by atoms with Crippen LogP contribution in [0.2, 0.25) is 0 Å². The van der Waals surface area contributed by atoms with Gasteiger partial charge < -0.3 is 9.64 Å². The van der Waals surface area contributed by atoms with Gasteiger partial charge in [0, 0.05) is 19.3 Å². The molecule has 1 saturated heterocycles. The number of ether oxygens (including phenoxy) is 1. The lowest BCUT2D eigenvalue weighted by molar-refractivity contribution is -0.127. The topological polar surface area (TPSA) is 71.5 Å². The zero-order chi connectivity index (χ0) is 17.3. The number of pyridine rings is 1. The first-order chi connectivity index (χ1) is 11.5. The van der Waals surface area contributed by atoms with E-state index in [1.54, 1.807) is 24.2 Å². The van der Waals surface area contributed by atoms with E-state index in [2.05, 4.69) is 10.3 Å². The molecular formula is C18H19N3O3. The van der Waals surface area contributed by atoms with E-state index in [0.29, 0.717) is 11.6 Å². The van der Waals surface area contributed by atoms with Gasteiger partial charge in [-0.05, 0) is 36.2 Å². The Labute approximate surface area is 140 Å². The lowest BCUT2D eigenvalue weighted by Gasteiger charge is -2.37. The van der Waals surface area contributed by atoms with Gasteiger partial charge in [-0.3, -0.25) is 10.1 Å². The minimum atomic E-state index is -0.378. The summed E-state index contributed by atoms with van der Waals surface area (Å²) in [5.41, 5.74) is 1.89. The normalized spacial score (nSPS) is 20.7. The molecule has 2 unspecified atom stereocenters. The Kier molecular flexibility index (Phi) is 4.20. The number of nitrogens with one attached hydrogen (secondary N) is 1. The van der Waals surface area contributed by atoms with Crippen molar-refractivity contribution in [2.45, 2.75) is 19.9 Å². The molecule has 6 nitrogen and oxygen atoms in total.